The van der Waals surface area contributed by atoms with Crippen LogP contribution in [0.3, 0.4) is 0 Å². The largest absolute Gasteiger partial charge is 0.491 e. The van der Waals surface area contributed by atoms with E-state index in [2.05, 4.69) is 62.1 Å². The number of carbonyl (C=O) groups is 3. The molecule has 1 N–H and O–H groups in total. The van der Waals surface area contributed by atoms with Crippen molar-refractivity contribution in [3.05, 3.63) is 84.3 Å². The van der Waals surface area contributed by atoms with E-state index in [0.29, 0.717) is 56.1 Å². The van der Waals surface area contributed by atoms with Gasteiger partial charge < -0.3 is 33.3 Å². The second-order valence-corrected chi connectivity index (χ2v) is 15.6. The molecule has 1 unspecified atom stereocenters. The first-order valence-corrected chi connectivity index (χ1v) is 20.2. The van der Waals surface area contributed by atoms with Crippen LogP contribution in [0.4, 0.5) is 0 Å². The average molecular weight is 773 g/mol. The van der Waals surface area contributed by atoms with Gasteiger partial charge in [0.1, 0.15) is 24.5 Å². The Labute approximate surface area is 331 Å². The first kappa shape index (κ1) is 37.2. The molecule has 3 aliphatic heterocycles. The molecule has 13 heteroatoms. The van der Waals surface area contributed by atoms with Crippen LogP contribution in [0, 0.1) is 0 Å². The number of carbonyl (C=O) groups excluding carboxylic acids is 3. The molecule has 0 spiro atoms. The third-order valence-electron chi connectivity index (χ3n) is 11.9. The van der Waals surface area contributed by atoms with Gasteiger partial charge in [0.2, 0.25) is 17.7 Å². The summed E-state index contributed by atoms with van der Waals surface area (Å²) in [4.78, 5) is 49.7. The number of pyridine rings is 2. The number of amides is 3. The van der Waals surface area contributed by atoms with Crippen LogP contribution in [-0.2, 0) is 32.7 Å². The van der Waals surface area contributed by atoms with Crippen LogP contribution in [0.1, 0.15) is 60.9 Å². The van der Waals surface area contributed by atoms with Gasteiger partial charge in [0.15, 0.2) is 0 Å². The fraction of sp³-hybridized carbons (Fsp3) is 0.432. The third-order valence-corrected chi connectivity index (χ3v) is 11.9. The van der Waals surface area contributed by atoms with Crippen molar-refractivity contribution in [3.8, 4) is 22.8 Å². The highest BCUT2D eigenvalue weighted by Gasteiger charge is 2.39. The summed E-state index contributed by atoms with van der Waals surface area (Å²) in [5.41, 5.74) is 5.92. The van der Waals surface area contributed by atoms with E-state index in [0.717, 1.165) is 73.8 Å². The minimum Gasteiger partial charge on any atom is -0.491 e. The van der Waals surface area contributed by atoms with Crippen molar-refractivity contribution >= 4 is 39.5 Å². The SMILES string of the molecule is Cn1c2ccncc2c2ccc(-c3ccc(OC4CC(OC5CCN(CCCOCCOc6ccc7c(c6)CN(C6CCC(=O)NC6=O)C7=O)CC5)C4)nc3)cc21. The topological polar surface area (TPSA) is 137 Å². The molecular formula is C44H48N6O7. The van der Waals surface area contributed by atoms with Gasteiger partial charge in [-0.15, -0.1) is 0 Å². The van der Waals surface area contributed by atoms with Gasteiger partial charge in [-0.3, -0.25) is 24.7 Å². The van der Waals surface area contributed by atoms with Crippen molar-refractivity contribution in [1.29, 1.82) is 0 Å². The molecule has 2 saturated heterocycles. The first-order valence-electron chi connectivity index (χ1n) is 20.2. The van der Waals surface area contributed by atoms with E-state index in [-0.39, 0.29) is 30.4 Å². The fourth-order valence-electron chi connectivity index (χ4n) is 8.64. The standard InChI is InChI=1S/C44H48N6O7/c1-48-38-11-14-45-26-37(38)36-6-3-28(22-40(36)48)29-4-10-42(46-25-29)57-34-23-33(24-34)56-31-12-16-49(17-13-31)15-2-18-54-19-20-55-32-5-7-35-30(21-32)27-50(44(35)53)39-8-9-41(51)47-43(39)52/h3-7,10-11,14,21-22,25-26,31,33-34,39H,2,8-9,12-13,15-20,23-24,27H2,1H3,(H,47,51,52). The Morgan fingerprint density at radius 3 is 2.51 bits per heavy atom. The average Bonchev–Trinajstić information content (AvgIpc) is 3.69. The number of benzene rings is 2. The Kier molecular flexibility index (Phi) is 10.6. The normalized spacial score (nSPS) is 21.5. The molecule has 1 saturated carbocycles. The molecule has 9 rings (SSSR count). The first-order chi connectivity index (χ1) is 27.9. The van der Waals surface area contributed by atoms with Crippen LogP contribution < -0.4 is 14.8 Å². The lowest BCUT2D eigenvalue weighted by molar-refractivity contribution is -0.136. The predicted molar refractivity (Wildman–Crippen MR) is 213 cm³/mol. The highest BCUT2D eigenvalue weighted by Crippen LogP contribution is 2.34. The van der Waals surface area contributed by atoms with Crippen molar-refractivity contribution in [1.82, 2.24) is 29.7 Å². The van der Waals surface area contributed by atoms with Gasteiger partial charge in [-0.2, -0.15) is 0 Å². The molecule has 57 heavy (non-hydrogen) atoms. The van der Waals surface area contributed by atoms with E-state index in [9.17, 15) is 14.4 Å². The number of likely N-dealkylation sites (tertiary alicyclic amines) is 1. The Morgan fingerprint density at radius 2 is 1.68 bits per heavy atom. The van der Waals surface area contributed by atoms with Gasteiger partial charge in [-0.05, 0) is 73.2 Å². The molecule has 3 aromatic heterocycles. The summed E-state index contributed by atoms with van der Waals surface area (Å²) in [6.45, 7) is 4.93. The maximum Gasteiger partial charge on any atom is 0.255 e. The van der Waals surface area contributed by atoms with E-state index in [1.165, 1.54) is 16.4 Å². The summed E-state index contributed by atoms with van der Waals surface area (Å²) in [6.07, 6.45) is 11.7. The van der Waals surface area contributed by atoms with Crippen LogP contribution in [0.2, 0.25) is 0 Å². The van der Waals surface area contributed by atoms with Gasteiger partial charge in [0.05, 0.1) is 24.3 Å². The fourth-order valence-corrected chi connectivity index (χ4v) is 8.64. The number of ether oxygens (including phenoxy) is 4. The van der Waals surface area contributed by atoms with E-state index < -0.39 is 11.9 Å². The number of hydrogen-bond donors (Lipinski definition) is 1. The molecular weight excluding hydrogens is 725 g/mol. The maximum absolute atomic E-state index is 12.9. The molecule has 1 aliphatic carbocycles. The predicted octanol–water partition coefficient (Wildman–Crippen LogP) is 5.43. The number of rotatable bonds is 14. The number of nitrogens with zero attached hydrogens (tertiary/aromatic N) is 5. The second kappa shape index (κ2) is 16.2. The Hall–Kier alpha value is -5.37. The lowest BCUT2D eigenvalue weighted by atomic mass is 9.91. The molecule has 0 radical (unpaired) electrons. The van der Waals surface area contributed by atoms with Crippen LogP contribution in [0.5, 0.6) is 11.6 Å². The zero-order valence-corrected chi connectivity index (χ0v) is 32.2. The molecule has 3 amide bonds. The van der Waals surface area contributed by atoms with Crippen LogP contribution in [-0.4, -0.2) is 106 Å². The molecule has 0 bridgehead atoms. The number of piperidine rings is 2. The lowest BCUT2D eigenvalue weighted by Gasteiger charge is -2.39. The summed E-state index contributed by atoms with van der Waals surface area (Å²) in [5, 5.41) is 4.70. The van der Waals surface area contributed by atoms with Crippen molar-refractivity contribution < 1.29 is 33.3 Å². The highest BCUT2D eigenvalue weighted by atomic mass is 16.5. The Morgan fingerprint density at radius 1 is 0.825 bits per heavy atom. The number of nitrogens with one attached hydrogen (secondary N) is 1. The number of fused-ring (bicyclic) bond motifs is 4. The molecule has 4 aliphatic rings. The molecule has 5 aromatic rings. The van der Waals surface area contributed by atoms with Crippen molar-refractivity contribution in [2.24, 2.45) is 7.05 Å². The Balaban J connectivity index is 0.629. The van der Waals surface area contributed by atoms with Gasteiger partial charge in [0.25, 0.3) is 5.91 Å². The summed E-state index contributed by atoms with van der Waals surface area (Å²) in [6, 6.07) is 17.4. The summed E-state index contributed by atoms with van der Waals surface area (Å²) < 4.78 is 26.6. The van der Waals surface area contributed by atoms with E-state index in [1.807, 2.05) is 30.7 Å². The van der Waals surface area contributed by atoms with Gasteiger partial charge in [0, 0.05) is 111 Å². The quantitative estimate of drug-likeness (QED) is 0.115. The molecule has 296 valence electrons. The zero-order valence-electron chi connectivity index (χ0n) is 32.2. The molecule has 2 aromatic carbocycles. The summed E-state index contributed by atoms with van der Waals surface area (Å²) in [7, 11) is 2.09. The maximum atomic E-state index is 12.9. The number of aromatic nitrogens is 3. The van der Waals surface area contributed by atoms with Crippen LogP contribution in [0.25, 0.3) is 32.9 Å². The highest BCUT2D eigenvalue weighted by molar-refractivity contribution is 6.08. The van der Waals surface area contributed by atoms with Crippen molar-refractivity contribution in [3.63, 3.8) is 0 Å². The second-order valence-electron chi connectivity index (χ2n) is 15.6. The van der Waals surface area contributed by atoms with Crippen molar-refractivity contribution in [2.45, 2.75) is 75.8 Å². The van der Waals surface area contributed by atoms with E-state index >= 15 is 0 Å². The Bertz CT molecular complexity index is 2280. The number of imide groups is 1. The number of hydrogen-bond acceptors (Lipinski definition) is 10. The van der Waals surface area contributed by atoms with Gasteiger partial charge in [-0.25, -0.2) is 4.98 Å². The summed E-state index contributed by atoms with van der Waals surface area (Å²) in [5.74, 6) is 0.427. The minimum atomic E-state index is -0.625. The molecule has 3 fully saturated rings. The minimum absolute atomic E-state index is 0.136. The van der Waals surface area contributed by atoms with Gasteiger partial charge in [-0.1, -0.05) is 12.1 Å². The lowest BCUT2D eigenvalue weighted by Crippen LogP contribution is -2.52. The molecule has 1 atom stereocenters. The summed E-state index contributed by atoms with van der Waals surface area (Å²) >= 11 is 0. The van der Waals surface area contributed by atoms with E-state index in [4.69, 9.17) is 18.9 Å². The van der Waals surface area contributed by atoms with Crippen LogP contribution in [0.15, 0.2) is 73.2 Å². The third kappa shape index (κ3) is 7.96. The smallest absolute Gasteiger partial charge is 0.255 e. The number of aryl methyl sites for hydroxylation is 1. The molecule has 6 heterocycles. The zero-order chi connectivity index (χ0) is 38.9. The molecule has 13 nitrogen and oxygen atoms in total. The monoisotopic (exact) mass is 772 g/mol. The van der Waals surface area contributed by atoms with E-state index in [1.54, 1.807) is 17.0 Å². The van der Waals surface area contributed by atoms with Gasteiger partial charge >= 0.3 is 0 Å². The van der Waals surface area contributed by atoms with Crippen molar-refractivity contribution in [2.75, 3.05) is 39.5 Å². The van der Waals surface area contributed by atoms with Crippen LogP contribution >= 0.6 is 0 Å².